The fraction of sp³-hybridized carbons (Fsp3) is 0.857. The number of carbonyl (C=O) groups is 3. The predicted octanol–water partition coefficient (Wildman–Crippen LogP) is -0.230. The summed E-state index contributed by atoms with van der Waals surface area (Å²) < 4.78 is 21.3. The van der Waals surface area contributed by atoms with E-state index in [-0.39, 0.29) is 36.3 Å². The summed E-state index contributed by atoms with van der Waals surface area (Å²) in [5.74, 6) is 0.624. The number of rotatable bonds is 20. The van der Waals surface area contributed by atoms with Crippen LogP contribution in [0.15, 0.2) is 0 Å². The molecular formula is C21H38N4O7S. The molecule has 11 nitrogen and oxygen atoms in total. The zero-order valence-corrected chi connectivity index (χ0v) is 20.0. The molecule has 4 amide bonds. The summed E-state index contributed by atoms with van der Waals surface area (Å²) in [7, 11) is 0. The van der Waals surface area contributed by atoms with E-state index in [1.807, 2.05) is 11.8 Å². The molecule has 190 valence electrons. The van der Waals surface area contributed by atoms with Gasteiger partial charge < -0.3 is 40.6 Å². The number of nitrogens with one attached hydrogen (secondary N) is 3. The molecule has 1 unspecified atom stereocenters. The first-order chi connectivity index (χ1) is 16.1. The highest BCUT2D eigenvalue weighted by Gasteiger charge is 2.42. The Morgan fingerprint density at radius 2 is 1.55 bits per heavy atom. The van der Waals surface area contributed by atoms with Crippen molar-refractivity contribution in [2.24, 2.45) is 5.73 Å². The summed E-state index contributed by atoms with van der Waals surface area (Å²) in [6.45, 7) is 3.94. The molecule has 0 radical (unpaired) electrons. The zero-order chi connectivity index (χ0) is 23.7. The highest BCUT2D eigenvalue weighted by molar-refractivity contribution is 8.00. The molecule has 3 atom stereocenters. The van der Waals surface area contributed by atoms with Gasteiger partial charge in [-0.05, 0) is 12.8 Å². The third-order valence-corrected chi connectivity index (χ3v) is 6.77. The number of amides is 4. The van der Waals surface area contributed by atoms with Gasteiger partial charge in [-0.25, -0.2) is 4.79 Å². The molecular weight excluding hydrogens is 452 g/mol. The van der Waals surface area contributed by atoms with Crippen molar-refractivity contribution in [1.82, 2.24) is 16.0 Å². The van der Waals surface area contributed by atoms with Crippen molar-refractivity contribution >= 4 is 29.6 Å². The maximum atomic E-state index is 11.9. The van der Waals surface area contributed by atoms with Crippen LogP contribution in [0.3, 0.4) is 0 Å². The largest absolute Gasteiger partial charge is 0.379 e. The third-order valence-electron chi connectivity index (χ3n) is 5.26. The number of urea groups is 1. The Bertz CT molecular complexity index is 599. The average molecular weight is 491 g/mol. The number of nitrogens with two attached hydrogens (primary N) is 1. The van der Waals surface area contributed by atoms with Gasteiger partial charge in [-0.3, -0.25) is 9.59 Å². The second-order valence-electron chi connectivity index (χ2n) is 7.88. The third kappa shape index (κ3) is 12.4. The Morgan fingerprint density at radius 3 is 2.21 bits per heavy atom. The van der Waals surface area contributed by atoms with Crippen LogP contribution in [0, 0.1) is 0 Å². The SMILES string of the molecule is NC(=O)CCOCCOCCOCCOCCNC(=O)CCCCC1SC[C@H]2NC(=O)N[C@H]12. The number of thioether (sulfide) groups is 1. The first-order valence-corrected chi connectivity index (χ1v) is 12.7. The number of unbranched alkanes of at least 4 members (excludes halogenated alkanes) is 1. The van der Waals surface area contributed by atoms with Crippen LogP contribution in [0.5, 0.6) is 0 Å². The number of hydrogen-bond acceptors (Lipinski definition) is 8. The van der Waals surface area contributed by atoms with Crippen LogP contribution in [-0.4, -0.2) is 100 Å². The van der Waals surface area contributed by atoms with Crippen LogP contribution in [0.4, 0.5) is 4.79 Å². The maximum Gasteiger partial charge on any atom is 0.315 e. The van der Waals surface area contributed by atoms with Crippen LogP contribution >= 0.6 is 11.8 Å². The number of ether oxygens (including phenoxy) is 4. The van der Waals surface area contributed by atoms with Gasteiger partial charge in [-0.15, -0.1) is 0 Å². The monoisotopic (exact) mass is 490 g/mol. The molecule has 0 aromatic carbocycles. The van der Waals surface area contributed by atoms with Crippen molar-refractivity contribution in [3.05, 3.63) is 0 Å². The van der Waals surface area contributed by atoms with Crippen LogP contribution in [0.1, 0.15) is 32.1 Å². The molecule has 0 aromatic heterocycles. The van der Waals surface area contributed by atoms with Gasteiger partial charge in [0.1, 0.15) is 0 Å². The van der Waals surface area contributed by atoms with Crippen LogP contribution in [-0.2, 0) is 28.5 Å². The minimum Gasteiger partial charge on any atom is -0.379 e. The molecule has 2 aliphatic heterocycles. The Morgan fingerprint density at radius 1 is 0.909 bits per heavy atom. The van der Waals surface area contributed by atoms with E-state index in [1.54, 1.807) is 0 Å². The summed E-state index contributed by atoms with van der Waals surface area (Å²) in [5.41, 5.74) is 5.00. The van der Waals surface area contributed by atoms with E-state index in [1.165, 1.54) is 0 Å². The summed E-state index contributed by atoms with van der Waals surface area (Å²) >= 11 is 1.90. The molecule has 0 saturated carbocycles. The molecule has 0 spiro atoms. The second kappa shape index (κ2) is 16.9. The molecule has 2 saturated heterocycles. The van der Waals surface area contributed by atoms with E-state index >= 15 is 0 Å². The maximum absolute atomic E-state index is 11.9. The first-order valence-electron chi connectivity index (χ1n) is 11.6. The Hall–Kier alpha value is -1.60. The lowest BCUT2D eigenvalue weighted by molar-refractivity contribution is -0.121. The van der Waals surface area contributed by atoms with Crippen molar-refractivity contribution in [1.29, 1.82) is 0 Å². The van der Waals surface area contributed by atoms with Gasteiger partial charge >= 0.3 is 6.03 Å². The fourth-order valence-electron chi connectivity index (χ4n) is 3.56. The molecule has 12 heteroatoms. The van der Waals surface area contributed by atoms with Crippen molar-refractivity contribution in [2.75, 3.05) is 65.2 Å². The standard InChI is InChI=1S/C21H38N4O7S/c22-18(26)5-7-29-9-11-31-13-14-32-12-10-30-8-6-23-19(27)4-2-1-3-17-20-16(15-33-17)24-21(28)25-20/h16-17,20H,1-15H2,(H2,22,26)(H,23,27)(H2,24,25,28)/t16-,17?,20+/m1/s1. The van der Waals surface area contributed by atoms with Gasteiger partial charge in [0.25, 0.3) is 0 Å². The Kier molecular flexibility index (Phi) is 14.2. The number of hydrogen-bond donors (Lipinski definition) is 4. The van der Waals surface area contributed by atoms with Crippen molar-refractivity contribution in [3.63, 3.8) is 0 Å². The minimum atomic E-state index is -0.378. The van der Waals surface area contributed by atoms with Crippen LogP contribution < -0.4 is 21.7 Å². The summed E-state index contributed by atoms with van der Waals surface area (Å²) in [4.78, 5) is 33.8. The van der Waals surface area contributed by atoms with Crippen molar-refractivity contribution in [2.45, 2.75) is 49.4 Å². The fourth-order valence-corrected chi connectivity index (χ4v) is 5.10. The lowest BCUT2D eigenvalue weighted by Crippen LogP contribution is -2.36. The molecule has 33 heavy (non-hydrogen) atoms. The summed E-state index contributed by atoms with van der Waals surface area (Å²) in [5, 5.41) is 9.24. The van der Waals surface area contributed by atoms with Gasteiger partial charge in [0.05, 0.1) is 64.9 Å². The van der Waals surface area contributed by atoms with Gasteiger partial charge in [0.15, 0.2) is 0 Å². The van der Waals surface area contributed by atoms with Crippen molar-refractivity contribution < 1.29 is 33.3 Å². The Labute approximate surface area is 199 Å². The van der Waals surface area contributed by atoms with E-state index in [9.17, 15) is 14.4 Å². The van der Waals surface area contributed by atoms with E-state index in [0.29, 0.717) is 71.1 Å². The smallest absolute Gasteiger partial charge is 0.315 e. The summed E-state index contributed by atoms with van der Waals surface area (Å²) in [6, 6.07) is 0.417. The van der Waals surface area contributed by atoms with Gasteiger partial charge in [-0.1, -0.05) is 6.42 Å². The van der Waals surface area contributed by atoms with E-state index < -0.39 is 0 Å². The molecule has 2 rings (SSSR count). The number of carbonyl (C=O) groups excluding carboxylic acids is 3. The van der Waals surface area contributed by atoms with Gasteiger partial charge in [0, 0.05) is 30.4 Å². The first kappa shape index (κ1) is 27.6. The molecule has 2 heterocycles. The predicted molar refractivity (Wildman–Crippen MR) is 124 cm³/mol. The quantitative estimate of drug-likeness (QED) is 0.135. The molecule has 5 N–H and O–H groups in total. The zero-order valence-electron chi connectivity index (χ0n) is 19.2. The molecule has 0 aliphatic carbocycles. The van der Waals surface area contributed by atoms with E-state index in [0.717, 1.165) is 25.0 Å². The lowest BCUT2D eigenvalue weighted by atomic mass is 10.0. The second-order valence-corrected chi connectivity index (χ2v) is 9.16. The molecule has 0 bridgehead atoms. The van der Waals surface area contributed by atoms with Crippen LogP contribution in [0.25, 0.3) is 0 Å². The number of fused-ring (bicyclic) bond motifs is 1. The summed E-state index contributed by atoms with van der Waals surface area (Å²) in [6.07, 6.45) is 3.56. The average Bonchev–Trinajstić information content (AvgIpc) is 3.33. The Balaban J connectivity index is 1.28. The minimum absolute atomic E-state index is 0.0402. The topological polar surface area (TPSA) is 150 Å². The van der Waals surface area contributed by atoms with Crippen LogP contribution in [0.2, 0.25) is 0 Å². The highest BCUT2D eigenvalue weighted by atomic mass is 32.2. The van der Waals surface area contributed by atoms with E-state index in [2.05, 4.69) is 16.0 Å². The normalized spacial score (nSPS) is 21.5. The molecule has 2 aliphatic rings. The van der Waals surface area contributed by atoms with Gasteiger partial charge in [0.2, 0.25) is 11.8 Å². The molecule has 0 aromatic rings. The number of primary amides is 1. The molecule has 2 fully saturated rings. The lowest BCUT2D eigenvalue weighted by Gasteiger charge is -2.16. The van der Waals surface area contributed by atoms with E-state index in [4.69, 9.17) is 24.7 Å². The highest BCUT2D eigenvalue weighted by Crippen LogP contribution is 2.33. The van der Waals surface area contributed by atoms with Crippen molar-refractivity contribution in [3.8, 4) is 0 Å². The van der Waals surface area contributed by atoms with Gasteiger partial charge in [-0.2, -0.15) is 11.8 Å².